The third-order valence-corrected chi connectivity index (χ3v) is 5.11. The van der Waals surface area contributed by atoms with E-state index >= 15 is 0 Å². The zero-order valence-electron chi connectivity index (χ0n) is 19.1. The molecule has 4 aromatic rings. The molecule has 4 rings (SSSR count). The fraction of sp³-hybridized carbons (Fsp3) is 0.222. The van der Waals surface area contributed by atoms with E-state index in [1.54, 1.807) is 0 Å². The Morgan fingerprint density at radius 3 is 2.47 bits per heavy atom. The number of hydrogen-bond donors (Lipinski definition) is 1. The predicted molar refractivity (Wildman–Crippen MR) is 130 cm³/mol. The number of amides is 1. The molecule has 1 amide bonds. The quantitative estimate of drug-likeness (QED) is 0.328. The summed E-state index contributed by atoms with van der Waals surface area (Å²) in [7, 11) is 0. The summed E-state index contributed by atoms with van der Waals surface area (Å²) in [5, 5.41) is 6.94. The van der Waals surface area contributed by atoms with Gasteiger partial charge in [0.2, 0.25) is 17.6 Å². The van der Waals surface area contributed by atoms with Crippen molar-refractivity contribution in [2.24, 2.45) is 0 Å². The van der Waals surface area contributed by atoms with E-state index in [0.29, 0.717) is 42.8 Å². The van der Waals surface area contributed by atoms with Crippen molar-refractivity contribution in [3.05, 3.63) is 90.3 Å². The van der Waals surface area contributed by atoms with Crippen LogP contribution < -0.4 is 14.8 Å². The first-order valence-electron chi connectivity index (χ1n) is 11.3. The van der Waals surface area contributed by atoms with Crippen molar-refractivity contribution in [3.63, 3.8) is 0 Å². The minimum Gasteiger partial charge on any atom is -0.494 e. The van der Waals surface area contributed by atoms with Gasteiger partial charge in [-0.1, -0.05) is 47.6 Å². The van der Waals surface area contributed by atoms with Crippen molar-refractivity contribution in [2.45, 2.75) is 26.2 Å². The molecule has 0 aliphatic carbocycles. The van der Waals surface area contributed by atoms with Gasteiger partial charge in [0.25, 0.3) is 0 Å². The van der Waals surface area contributed by atoms with Crippen molar-refractivity contribution in [2.75, 3.05) is 18.5 Å². The molecule has 1 N–H and O–H groups in total. The molecular formula is C27H27N3O4. The van der Waals surface area contributed by atoms with Crippen LogP contribution in [0.15, 0.2) is 83.4 Å². The van der Waals surface area contributed by atoms with Gasteiger partial charge in [0, 0.05) is 24.8 Å². The summed E-state index contributed by atoms with van der Waals surface area (Å²) in [6.45, 7) is 3.07. The maximum absolute atomic E-state index is 12.5. The average Bonchev–Trinajstić information content (AvgIpc) is 3.34. The fourth-order valence-corrected chi connectivity index (χ4v) is 3.39. The summed E-state index contributed by atoms with van der Waals surface area (Å²) in [6.07, 6.45) is 1.34. The SMILES string of the molecule is CCOc1ccc(-c2noc(CCC(=O)Nc3ccccc3OCCc3ccccc3)n2)cc1. The Balaban J connectivity index is 1.28. The average molecular weight is 458 g/mol. The highest BCUT2D eigenvalue weighted by Crippen LogP contribution is 2.24. The Hall–Kier alpha value is -4.13. The monoisotopic (exact) mass is 457 g/mol. The number of nitrogens with zero attached hydrogens (tertiary/aromatic N) is 2. The van der Waals surface area contributed by atoms with E-state index in [1.165, 1.54) is 5.56 Å². The molecule has 0 saturated carbocycles. The first kappa shape index (κ1) is 23.0. The molecule has 0 spiro atoms. The summed E-state index contributed by atoms with van der Waals surface area (Å²) in [5.74, 6) is 2.17. The van der Waals surface area contributed by atoms with Gasteiger partial charge in [-0.2, -0.15) is 4.98 Å². The van der Waals surface area contributed by atoms with Gasteiger partial charge in [-0.15, -0.1) is 0 Å². The van der Waals surface area contributed by atoms with E-state index in [2.05, 4.69) is 27.6 Å². The molecule has 0 aliphatic heterocycles. The third-order valence-electron chi connectivity index (χ3n) is 5.11. The van der Waals surface area contributed by atoms with Crippen molar-refractivity contribution < 1.29 is 18.8 Å². The van der Waals surface area contributed by atoms with Crippen molar-refractivity contribution in [3.8, 4) is 22.9 Å². The van der Waals surface area contributed by atoms with Gasteiger partial charge in [0.05, 0.1) is 18.9 Å². The summed E-state index contributed by atoms with van der Waals surface area (Å²) < 4.78 is 16.7. The number of rotatable bonds is 11. The molecule has 0 atom stereocenters. The predicted octanol–water partition coefficient (Wildman–Crippen LogP) is 5.33. The normalized spacial score (nSPS) is 10.6. The van der Waals surface area contributed by atoms with E-state index in [0.717, 1.165) is 17.7 Å². The standard InChI is InChI=1S/C27H27N3O4/c1-2-32-22-14-12-21(13-15-22)27-29-26(34-30-27)17-16-25(31)28-23-10-6-7-11-24(23)33-19-18-20-8-4-3-5-9-20/h3-15H,2,16-19H2,1H3,(H,28,31). The van der Waals surface area contributed by atoms with Crippen LogP contribution in [0.4, 0.5) is 5.69 Å². The molecule has 3 aromatic carbocycles. The fourth-order valence-electron chi connectivity index (χ4n) is 3.39. The van der Waals surface area contributed by atoms with Crippen LogP contribution in [0.5, 0.6) is 11.5 Å². The Kier molecular flexibility index (Phi) is 7.90. The highest BCUT2D eigenvalue weighted by molar-refractivity contribution is 5.92. The molecule has 7 nitrogen and oxygen atoms in total. The third kappa shape index (κ3) is 6.45. The first-order chi connectivity index (χ1) is 16.7. The number of benzene rings is 3. The number of aromatic nitrogens is 2. The number of para-hydroxylation sites is 2. The molecule has 174 valence electrons. The van der Waals surface area contributed by atoms with E-state index in [4.69, 9.17) is 14.0 Å². The largest absolute Gasteiger partial charge is 0.494 e. The Morgan fingerprint density at radius 2 is 1.68 bits per heavy atom. The highest BCUT2D eigenvalue weighted by Gasteiger charge is 2.13. The molecule has 1 heterocycles. The second-order valence-electron chi connectivity index (χ2n) is 7.60. The lowest BCUT2D eigenvalue weighted by Gasteiger charge is -2.12. The van der Waals surface area contributed by atoms with Gasteiger partial charge in [-0.3, -0.25) is 4.79 Å². The van der Waals surface area contributed by atoms with Crippen molar-refractivity contribution in [1.82, 2.24) is 10.1 Å². The molecule has 0 saturated heterocycles. The van der Waals surface area contributed by atoms with Crippen LogP contribution in [-0.2, 0) is 17.6 Å². The maximum Gasteiger partial charge on any atom is 0.227 e. The number of nitrogens with one attached hydrogen (secondary N) is 1. The van der Waals surface area contributed by atoms with Crippen LogP contribution in [0.3, 0.4) is 0 Å². The molecule has 1 aromatic heterocycles. The second-order valence-corrected chi connectivity index (χ2v) is 7.60. The molecule has 34 heavy (non-hydrogen) atoms. The Bertz CT molecular complexity index is 1190. The van der Waals surface area contributed by atoms with Gasteiger partial charge in [0.15, 0.2) is 0 Å². The molecule has 0 radical (unpaired) electrons. The van der Waals surface area contributed by atoms with Gasteiger partial charge < -0.3 is 19.3 Å². The molecule has 0 fully saturated rings. The number of carbonyl (C=O) groups is 1. The Labute approximate surface area is 198 Å². The molecule has 0 unspecified atom stereocenters. The molecule has 7 heteroatoms. The Morgan fingerprint density at radius 1 is 0.912 bits per heavy atom. The maximum atomic E-state index is 12.5. The van der Waals surface area contributed by atoms with E-state index < -0.39 is 0 Å². The van der Waals surface area contributed by atoms with Gasteiger partial charge in [-0.05, 0) is 48.9 Å². The van der Waals surface area contributed by atoms with Crippen LogP contribution >= 0.6 is 0 Å². The van der Waals surface area contributed by atoms with Gasteiger partial charge in [-0.25, -0.2) is 0 Å². The number of ether oxygens (including phenoxy) is 2. The number of anilines is 1. The van der Waals surface area contributed by atoms with Crippen LogP contribution in [0.2, 0.25) is 0 Å². The van der Waals surface area contributed by atoms with Crippen molar-refractivity contribution in [1.29, 1.82) is 0 Å². The first-order valence-corrected chi connectivity index (χ1v) is 11.3. The summed E-state index contributed by atoms with van der Waals surface area (Å²) in [4.78, 5) is 16.9. The number of hydrogen-bond acceptors (Lipinski definition) is 6. The van der Waals surface area contributed by atoms with Crippen LogP contribution in [0, 0.1) is 0 Å². The minimum absolute atomic E-state index is 0.153. The summed E-state index contributed by atoms with van der Waals surface area (Å²) in [6, 6.07) is 25.0. The number of aryl methyl sites for hydroxylation is 1. The zero-order chi connectivity index (χ0) is 23.6. The zero-order valence-corrected chi connectivity index (χ0v) is 19.1. The lowest BCUT2D eigenvalue weighted by Crippen LogP contribution is -2.14. The van der Waals surface area contributed by atoms with Crippen molar-refractivity contribution >= 4 is 11.6 Å². The van der Waals surface area contributed by atoms with E-state index in [-0.39, 0.29) is 12.3 Å². The number of carbonyl (C=O) groups excluding carboxylic acids is 1. The van der Waals surface area contributed by atoms with Gasteiger partial charge >= 0.3 is 0 Å². The lowest BCUT2D eigenvalue weighted by molar-refractivity contribution is -0.116. The van der Waals surface area contributed by atoms with Gasteiger partial charge in [0.1, 0.15) is 11.5 Å². The lowest BCUT2D eigenvalue weighted by atomic mass is 10.2. The van der Waals surface area contributed by atoms with Crippen LogP contribution in [-0.4, -0.2) is 29.3 Å². The van der Waals surface area contributed by atoms with Crippen LogP contribution in [0.25, 0.3) is 11.4 Å². The minimum atomic E-state index is -0.153. The topological polar surface area (TPSA) is 86.5 Å². The van der Waals surface area contributed by atoms with E-state index in [1.807, 2.05) is 73.7 Å². The highest BCUT2D eigenvalue weighted by atomic mass is 16.5. The van der Waals surface area contributed by atoms with Crippen LogP contribution in [0.1, 0.15) is 24.8 Å². The smallest absolute Gasteiger partial charge is 0.227 e. The molecular weight excluding hydrogens is 430 g/mol. The molecule has 0 aliphatic rings. The van der Waals surface area contributed by atoms with E-state index in [9.17, 15) is 4.79 Å². The molecule has 0 bridgehead atoms. The summed E-state index contributed by atoms with van der Waals surface area (Å²) in [5.41, 5.74) is 2.67. The second kappa shape index (κ2) is 11.7. The summed E-state index contributed by atoms with van der Waals surface area (Å²) >= 11 is 0.